The van der Waals surface area contributed by atoms with E-state index in [1.165, 1.54) is 31.4 Å². The van der Waals surface area contributed by atoms with E-state index in [9.17, 15) is 14.9 Å². The third kappa shape index (κ3) is 6.53. The first-order valence-electron chi connectivity index (χ1n) is 7.15. The molecule has 1 rings (SSSR count). The Morgan fingerprint density at radius 1 is 1.29 bits per heavy atom. The molecule has 0 unspecified atom stereocenters. The molecule has 0 saturated carbocycles. The number of rotatable bonds is 9. The van der Waals surface area contributed by atoms with E-state index < -0.39 is 4.92 Å². The van der Waals surface area contributed by atoms with Gasteiger partial charge in [0.25, 0.3) is 0 Å². The number of carbonyl (C=O) groups is 1. The summed E-state index contributed by atoms with van der Waals surface area (Å²) in [5.74, 6) is -0.369. The van der Waals surface area contributed by atoms with Gasteiger partial charge in [-0.1, -0.05) is 50.6 Å². The second-order valence-corrected chi connectivity index (χ2v) is 5.21. The van der Waals surface area contributed by atoms with Crippen molar-refractivity contribution >= 4 is 29.0 Å². The van der Waals surface area contributed by atoms with Gasteiger partial charge in [-0.05, 0) is 12.5 Å². The molecule has 1 amide bonds. The fourth-order valence-corrected chi connectivity index (χ4v) is 2.08. The van der Waals surface area contributed by atoms with Crippen LogP contribution in [0.15, 0.2) is 12.1 Å². The Bertz CT molecular complexity index is 494. The van der Waals surface area contributed by atoms with Crippen molar-refractivity contribution in [2.45, 2.75) is 51.9 Å². The first-order chi connectivity index (χ1) is 10.0. The molecule has 0 fully saturated rings. The minimum atomic E-state index is -0.594. The molecule has 1 aromatic rings. The average Bonchev–Trinajstić information content (AvgIpc) is 2.42. The quantitative estimate of drug-likeness (QED) is 0.318. The van der Waals surface area contributed by atoms with Crippen LogP contribution in [0.5, 0.6) is 0 Å². The van der Waals surface area contributed by atoms with E-state index >= 15 is 0 Å². The molecular weight excluding hydrogens is 294 g/mol. The zero-order valence-electron chi connectivity index (χ0n) is 12.1. The highest BCUT2D eigenvalue weighted by Gasteiger charge is 2.17. The number of carbonyl (C=O) groups excluding carboxylic acids is 1. The summed E-state index contributed by atoms with van der Waals surface area (Å²) in [6.45, 7) is 2.15. The molecule has 0 atom stereocenters. The van der Waals surface area contributed by atoms with Crippen molar-refractivity contribution in [3.63, 3.8) is 0 Å². The summed E-state index contributed by atoms with van der Waals surface area (Å²) in [7, 11) is 0. The molecule has 1 heterocycles. The number of nitro groups is 1. The molecule has 116 valence electrons. The van der Waals surface area contributed by atoms with Crippen LogP contribution in [-0.4, -0.2) is 15.8 Å². The molecule has 0 aliphatic heterocycles. The number of amides is 1. The van der Waals surface area contributed by atoms with Gasteiger partial charge in [0, 0.05) is 12.5 Å². The summed E-state index contributed by atoms with van der Waals surface area (Å²) >= 11 is 5.70. The van der Waals surface area contributed by atoms with Gasteiger partial charge in [-0.3, -0.25) is 14.9 Å². The fourth-order valence-electron chi connectivity index (χ4n) is 1.93. The number of hydrogen-bond donors (Lipinski definition) is 1. The lowest BCUT2D eigenvalue weighted by molar-refractivity contribution is -0.384. The van der Waals surface area contributed by atoms with E-state index in [0.717, 1.165) is 19.3 Å². The van der Waals surface area contributed by atoms with E-state index in [2.05, 4.69) is 17.2 Å². The molecule has 1 N–H and O–H groups in total. The van der Waals surface area contributed by atoms with E-state index in [4.69, 9.17) is 11.6 Å². The predicted octanol–water partition coefficient (Wildman–Crippen LogP) is 4.33. The number of hydrogen-bond acceptors (Lipinski definition) is 4. The monoisotopic (exact) mass is 313 g/mol. The Balaban J connectivity index is 2.44. The molecule has 6 nitrogen and oxygen atoms in total. The first kappa shape index (κ1) is 17.4. The van der Waals surface area contributed by atoms with Crippen LogP contribution < -0.4 is 5.32 Å². The molecular formula is C14H20ClN3O3. The predicted molar refractivity (Wildman–Crippen MR) is 82.5 cm³/mol. The summed E-state index contributed by atoms with van der Waals surface area (Å²) in [6, 6.07) is 2.55. The third-order valence-corrected chi connectivity index (χ3v) is 3.26. The number of nitrogens with one attached hydrogen (secondary N) is 1. The minimum absolute atomic E-state index is 0.0940. The summed E-state index contributed by atoms with van der Waals surface area (Å²) in [5, 5.41) is 13.4. The van der Waals surface area contributed by atoms with Gasteiger partial charge in [0.1, 0.15) is 5.15 Å². The molecule has 0 aliphatic carbocycles. The van der Waals surface area contributed by atoms with Crippen molar-refractivity contribution in [1.29, 1.82) is 0 Å². The van der Waals surface area contributed by atoms with Gasteiger partial charge in [-0.15, -0.1) is 0 Å². The van der Waals surface area contributed by atoms with Crippen molar-refractivity contribution in [2.24, 2.45) is 0 Å². The van der Waals surface area contributed by atoms with Crippen molar-refractivity contribution < 1.29 is 9.72 Å². The number of unbranched alkanes of at least 4 members (excludes halogenated alkanes) is 5. The first-order valence-corrected chi connectivity index (χ1v) is 7.53. The molecule has 0 aliphatic rings. The Hall–Kier alpha value is -1.69. The Kier molecular flexibility index (Phi) is 7.68. The van der Waals surface area contributed by atoms with Crippen LogP contribution in [0.25, 0.3) is 0 Å². The van der Waals surface area contributed by atoms with Gasteiger partial charge >= 0.3 is 5.69 Å². The van der Waals surface area contributed by atoms with Crippen LogP contribution in [0.2, 0.25) is 5.15 Å². The topological polar surface area (TPSA) is 85.1 Å². The summed E-state index contributed by atoms with van der Waals surface area (Å²) in [4.78, 5) is 25.8. The van der Waals surface area contributed by atoms with E-state index in [1.54, 1.807) is 0 Å². The van der Waals surface area contributed by atoms with Gasteiger partial charge in [-0.2, -0.15) is 0 Å². The summed E-state index contributed by atoms with van der Waals surface area (Å²) in [6.07, 6.45) is 6.77. The fraction of sp³-hybridized carbons (Fsp3) is 0.571. The maximum atomic E-state index is 11.8. The molecule has 0 saturated heterocycles. The Morgan fingerprint density at radius 2 is 1.95 bits per heavy atom. The molecule has 0 bridgehead atoms. The highest BCUT2D eigenvalue weighted by molar-refractivity contribution is 6.29. The van der Waals surface area contributed by atoms with Gasteiger partial charge in [-0.25, -0.2) is 4.98 Å². The van der Waals surface area contributed by atoms with Gasteiger partial charge < -0.3 is 5.32 Å². The molecule has 21 heavy (non-hydrogen) atoms. The summed E-state index contributed by atoms with van der Waals surface area (Å²) < 4.78 is 0. The highest BCUT2D eigenvalue weighted by atomic mass is 35.5. The second kappa shape index (κ2) is 9.28. The normalized spacial score (nSPS) is 10.4. The highest BCUT2D eigenvalue weighted by Crippen LogP contribution is 2.24. The average molecular weight is 314 g/mol. The van der Waals surface area contributed by atoms with E-state index in [1.807, 2.05) is 0 Å². The zero-order valence-corrected chi connectivity index (χ0v) is 12.9. The molecule has 7 heteroatoms. The number of pyridine rings is 1. The molecule has 0 radical (unpaired) electrons. The van der Waals surface area contributed by atoms with Crippen LogP contribution in [-0.2, 0) is 4.79 Å². The third-order valence-electron chi connectivity index (χ3n) is 3.05. The van der Waals surface area contributed by atoms with Crippen LogP contribution >= 0.6 is 11.6 Å². The van der Waals surface area contributed by atoms with Crippen molar-refractivity contribution in [2.75, 3.05) is 5.32 Å². The minimum Gasteiger partial charge on any atom is -0.305 e. The maximum Gasteiger partial charge on any atom is 0.311 e. The van der Waals surface area contributed by atoms with Gasteiger partial charge in [0.05, 0.1) is 4.92 Å². The van der Waals surface area contributed by atoms with Crippen molar-refractivity contribution in [1.82, 2.24) is 4.98 Å². The lowest BCUT2D eigenvalue weighted by atomic mass is 10.1. The summed E-state index contributed by atoms with van der Waals surface area (Å²) in [5.41, 5.74) is -0.254. The lowest BCUT2D eigenvalue weighted by Crippen LogP contribution is -2.13. The maximum absolute atomic E-state index is 11.8. The zero-order chi connectivity index (χ0) is 15.7. The molecule has 0 aromatic carbocycles. The molecule has 1 aromatic heterocycles. The van der Waals surface area contributed by atoms with Crippen LogP contribution in [0.1, 0.15) is 51.9 Å². The van der Waals surface area contributed by atoms with E-state index in [0.29, 0.717) is 6.42 Å². The number of anilines is 1. The van der Waals surface area contributed by atoms with Crippen LogP contribution in [0.4, 0.5) is 11.5 Å². The smallest absolute Gasteiger partial charge is 0.305 e. The van der Waals surface area contributed by atoms with Crippen molar-refractivity contribution in [3.8, 4) is 0 Å². The standard InChI is InChI=1S/C14H20ClN3O3/c1-2-3-4-5-6-7-8-13(19)17-14-11(18(20)21)9-10-12(15)16-14/h9-10H,2-8H2,1H3,(H,16,17,19). The molecule has 0 spiro atoms. The Morgan fingerprint density at radius 3 is 2.62 bits per heavy atom. The van der Waals surface area contributed by atoms with Crippen LogP contribution in [0.3, 0.4) is 0 Å². The van der Waals surface area contributed by atoms with Gasteiger partial charge in [0.15, 0.2) is 0 Å². The van der Waals surface area contributed by atoms with Gasteiger partial charge in [0.2, 0.25) is 11.7 Å². The van der Waals surface area contributed by atoms with E-state index in [-0.39, 0.29) is 22.6 Å². The lowest BCUT2D eigenvalue weighted by Gasteiger charge is -2.05. The second-order valence-electron chi connectivity index (χ2n) is 4.82. The Labute approximate surface area is 129 Å². The number of nitrogens with zero attached hydrogens (tertiary/aromatic N) is 2. The number of aromatic nitrogens is 1. The van der Waals surface area contributed by atoms with Crippen molar-refractivity contribution in [3.05, 3.63) is 27.4 Å². The number of halogens is 1. The SMILES string of the molecule is CCCCCCCCC(=O)Nc1nc(Cl)ccc1[N+](=O)[O-]. The largest absolute Gasteiger partial charge is 0.311 e. The van der Waals surface area contributed by atoms with Crippen LogP contribution in [0, 0.1) is 10.1 Å².